The van der Waals surface area contributed by atoms with E-state index >= 15 is 0 Å². The molecule has 0 radical (unpaired) electrons. The molecule has 1 heterocycles. The van der Waals surface area contributed by atoms with Gasteiger partial charge in [0.25, 0.3) is 0 Å². The number of nitrogens with zero attached hydrogens (tertiary/aromatic N) is 1. The van der Waals surface area contributed by atoms with Crippen molar-refractivity contribution in [2.24, 2.45) is 34.3 Å². The van der Waals surface area contributed by atoms with Crippen LogP contribution in [0.4, 0.5) is 8.78 Å². The van der Waals surface area contributed by atoms with Crippen molar-refractivity contribution >= 4 is 17.2 Å². The first-order valence-corrected chi connectivity index (χ1v) is 12.0. The summed E-state index contributed by atoms with van der Waals surface area (Å²) in [7, 11) is 0. The van der Waals surface area contributed by atoms with Gasteiger partial charge in [0.2, 0.25) is 6.43 Å². The van der Waals surface area contributed by atoms with Crippen LogP contribution in [-0.4, -0.2) is 35.4 Å². The highest BCUT2D eigenvalue weighted by atomic mass is 32.1. The van der Waals surface area contributed by atoms with E-state index in [4.69, 9.17) is 18.0 Å². The third kappa shape index (κ3) is 3.06. The molecule has 2 nitrogen and oxygen atoms in total. The van der Waals surface area contributed by atoms with E-state index in [1.807, 2.05) is 6.07 Å². The highest BCUT2D eigenvalue weighted by Crippen LogP contribution is 2.69. The molecule has 0 aromatic heterocycles. The lowest BCUT2D eigenvalue weighted by molar-refractivity contribution is -0.133. The van der Waals surface area contributed by atoms with Crippen LogP contribution in [0, 0.1) is 28.6 Å². The van der Waals surface area contributed by atoms with E-state index in [2.05, 4.69) is 43.0 Å². The standard InChI is InChI=1S/C25H34F2N2S/c1-23(2)15-29(9-8-19(23)28)22(30)25-12-16-10-24(14-25,18-6-4-3-5-7-18)11-17(13-25)20(16)21(26)27/h3-7,16-17,19-21H,8-15,28H2,1-2H3/t16?,17?,19-,20?,24?,25?/m0/s1. The minimum Gasteiger partial charge on any atom is -0.365 e. The molecule has 30 heavy (non-hydrogen) atoms. The predicted octanol–water partition coefficient (Wildman–Crippen LogP) is 5.40. The van der Waals surface area contributed by atoms with Crippen molar-refractivity contribution in [2.75, 3.05) is 13.1 Å². The minimum atomic E-state index is -2.22. The molecule has 4 aliphatic carbocycles. The van der Waals surface area contributed by atoms with Gasteiger partial charge in [0, 0.05) is 30.5 Å². The summed E-state index contributed by atoms with van der Waals surface area (Å²) in [5.41, 5.74) is 7.62. The molecule has 0 amide bonds. The van der Waals surface area contributed by atoms with Crippen LogP contribution in [0.2, 0.25) is 0 Å². The third-order valence-corrected chi connectivity index (χ3v) is 9.80. The maximum Gasteiger partial charge on any atom is 0.241 e. The molecule has 1 saturated heterocycles. The van der Waals surface area contributed by atoms with Gasteiger partial charge in [-0.1, -0.05) is 56.4 Å². The lowest BCUT2D eigenvalue weighted by Crippen LogP contribution is -2.64. The fourth-order valence-electron chi connectivity index (χ4n) is 7.86. The molecule has 5 aliphatic rings. The van der Waals surface area contributed by atoms with Gasteiger partial charge >= 0.3 is 0 Å². The van der Waals surface area contributed by atoms with Crippen molar-refractivity contribution < 1.29 is 8.78 Å². The molecule has 164 valence electrons. The number of rotatable bonds is 3. The zero-order valence-electron chi connectivity index (χ0n) is 18.1. The van der Waals surface area contributed by atoms with Gasteiger partial charge in [0.05, 0.1) is 4.99 Å². The maximum absolute atomic E-state index is 14.1. The van der Waals surface area contributed by atoms with Gasteiger partial charge in [-0.3, -0.25) is 0 Å². The van der Waals surface area contributed by atoms with Gasteiger partial charge in [-0.05, 0) is 66.8 Å². The lowest BCUT2D eigenvalue weighted by Gasteiger charge is -2.66. The van der Waals surface area contributed by atoms with Crippen LogP contribution in [0.15, 0.2) is 30.3 Å². The van der Waals surface area contributed by atoms with E-state index in [1.54, 1.807) is 0 Å². The molecule has 4 saturated carbocycles. The number of piperidine rings is 1. The SMILES string of the molecule is CC1(C)CN(C(=S)C23CC4CC(c5ccccc5)(CC(C2)C4C(F)F)C3)CC[C@@H]1N. The average molecular weight is 433 g/mol. The molecular weight excluding hydrogens is 398 g/mol. The zero-order chi connectivity index (χ0) is 21.3. The fourth-order valence-corrected chi connectivity index (χ4v) is 8.25. The Bertz CT molecular complexity index is 808. The van der Waals surface area contributed by atoms with E-state index in [9.17, 15) is 8.78 Å². The Hall–Kier alpha value is -1.07. The van der Waals surface area contributed by atoms with Crippen LogP contribution in [0.3, 0.4) is 0 Å². The Morgan fingerprint density at radius 3 is 2.30 bits per heavy atom. The molecule has 1 aliphatic heterocycles. The monoisotopic (exact) mass is 432 g/mol. The van der Waals surface area contributed by atoms with E-state index in [1.165, 1.54) is 5.56 Å². The van der Waals surface area contributed by atoms with Crippen molar-refractivity contribution in [3.63, 3.8) is 0 Å². The first-order valence-electron chi connectivity index (χ1n) is 11.5. The summed E-state index contributed by atoms with van der Waals surface area (Å²) >= 11 is 6.21. The van der Waals surface area contributed by atoms with Gasteiger partial charge in [-0.2, -0.15) is 0 Å². The van der Waals surface area contributed by atoms with Crippen molar-refractivity contribution in [2.45, 2.75) is 70.3 Å². The second-order valence-electron chi connectivity index (χ2n) is 11.5. The van der Waals surface area contributed by atoms with Crippen molar-refractivity contribution in [3.8, 4) is 0 Å². The summed E-state index contributed by atoms with van der Waals surface area (Å²) in [6.45, 7) is 6.23. The predicted molar refractivity (Wildman–Crippen MR) is 121 cm³/mol. The number of halogens is 2. The topological polar surface area (TPSA) is 29.3 Å². The van der Waals surface area contributed by atoms with Crippen LogP contribution < -0.4 is 5.73 Å². The summed E-state index contributed by atoms with van der Waals surface area (Å²) in [4.78, 5) is 3.44. The van der Waals surface area contributed by atoms with Gasteiger partial charge < -0.3 is 10.6 Å². The molecule has 3 atom stereocenters. The van der Waals surface area contributed by atoms with Gasteiger partial charge in [-0.15, -0.1) is 0 Å². The number of thiocarbonyl (C=S) groups is 1. The van der Waals surface area contributed by atoms with E-state index < -0.39 is 12.3 Å². The normalized spacial score (nSPS) is 42.0. The largest absolute Gasteiger partial charge is 0.365 e. The smallest absolute Gasteiger partial charge is 0.241 e. The molecule has 4 bridgehead atoms. The van der Waals surface area contributed by atoms with Gasteiger partial charge in [0.15, 0.2) is 0 Å². The number of benzene rings is 1. The van der Waals surface area contributed by atoms with E-state index in [0.29, 0.717) is 0 Å². The summed E-state index contributed by atoms with van der Waals surface area (Å²) < 4.78 is 28.2. The summed E-state index contributed by atoms with van der Waals surface area (Å²) in [6.07, 6.45) is 3.22. The Balaban J connectivity index is 1.50. The van der Waals surface area contributed by atoms with Gasteiger partial charge in [0.1, 0.15) is 0 Å². The molecule has 6 rings (SSSR count). The lowest BCUT2D eigenvalue weighted by atomic mass is 9.40. The first kappa shape index (κ1) is 20.8. The van der Waals surface area contributed by atoms with E-state index in [0.717, 1.165) is 56.6 Å². The van der Waals surface area contributed by atoms with Crippen LogP contribution in [0.1, 0.15) is 57.9 Å². The zero-order valence-corrected chi connectivity index (χ0v) is 18.9. The molecular formula is C25H34F2N2S. The average Bonchev–Trinajstić information content (AvgIpc) is 2.69. The van der Waals surface area contributed by atoms with Crippen LogP contribution in [0.5, 0.6) is 0 Å². The second-order valence-corrected chi connectivity index (χ2v) is 11.8. The molecule has 5 heteroatoms. The molecule has 5 fully saturated rings. The number of nitrogens with two attached hydrogens (primary N) is 1. The maximum atomic E-state index is 14.1. The van der Waals surface area contributed by atoms with Crippen LogP contribution in [0.25, 0.3) is 0 Å². The Morgan fingerprint density at radius 2 is 1.73 bits per heavy atom. The van der Waals surface area contributed by atoms with Crippen molar-refractivity contribution in [1.29, 1.82) is 0 Å². The number of alkyl halides is 2. The highest BCUT2D eigenvalue weighted by molar-refractivity contribution is 7.80. The highest BCUT2D eigenvalue weighted by Gasteiger charge is 2.65. The van der Waals surface area contributed by atoms with Gasteiger partial charge in [-0.25, -0.2) is 8.78 Å². The van der Waals surface area contributed by atoms with E-state index in [-0.39, 0.29) is 34.1 Å². The summed E-state index contributed by atoms with van der Waals surface area (Å²) in [6, 6.07) is 10.8. The molecule has 2 N–H and O–H groups in total. The van der Waals surface area contributed by atoms with Crippen molar-refractivity contribution in [1.82, 2.24) is 4.90 Å². The Morgan fingerprint density at radius 1 is 1.10 bits per heavy atom. The molecule has 1 aromatic rings. The van der Waals surface area contributed by atoms with Crippen LogP contribution in [-0.2, 0) is 5.41 Å². The fraction of sp³-hybridized carbons (Fsp3) is 0.720. The quantitative estimate of drug-likeness (QED) is 0.648. The molecule has 0 spiro atoms. The Labute approximate surface area is 184 Å². The molecule has 1 aromatic carbocycles. The second kappa shape index (κ2) is 6.96. The Kier molecular flexibility index (Phi) is 4.83. The third-order valence-electron chi connectivity index (χ3n) is 9.11. The van der Waals surface area contributed by atoms with Crippen molar-refractivity contribution in [3.05, 3.63) is 35.9 Å². The summed E-state index contributed by atoms with van der Waals surface area (Å²) in [5, 5.41) is 0. The first-order chi connectivity index (χ1) is 14.2. The van der Waals surface area contributed by atoms with Crippen LogP contribution >= 0.6 is 12.2 Å². The summed E-state index contributed by atoms with van der Waals surface area (Å²) in [5.74, 6) is -0.307. The number of likely N-dealkylation sites (tertiary alicyclic amines) is 1. The molecule has 2 unspecified atom stereocenters. The minimum absolute atomic E-state index is 0.00422. The number of hydrogen-bond acceptors (Lipinski definition) is 2. The number of hydrogen-bond donors (Lipinski definition) is 1.